The SMILES string of the molecule is Cc1cc(Cl)c(NC(=O)CCC2CCCCN2)cc1Cl. The number of benzene rings is 1. The first-order valence-electron chi connectivity index (χ1n) is 7.05. The summed E-state index contributed by atoms with van der Waals surface area (Å²) in [6.07, 6.45) is 5.01. The number of carbonyl (C=O) groups excluding carboxylic acids is 1. The van der Waals surface area contributed by atoms with Crippen molar-refractivity contribution in [2.24, 2.45) is 0 Å². The second-order valence-electron chi connectivity index (χ2n) is 5.31. The molecule has 1 heterocycles. The van der Waals surface area contributed by atoms with Crippen molar-refractivity contribution < 1.29 is 4.79 Å². The third-order valence-electron chi connectivity index (χ3n) is 3.65. The summed E-state index contributed by atoms with van der Waals surface area (Å²) in [5, 5.41) is 7.41. The van der Waals surface area contributed by atoms with E-state index in [2.05, 4.69) is 10.6 Å². The number of amides is 1. The van der Waals surface area contributed by atoms with Crippen LogP contribution >= 0.6 is 23.2 Å². The first kappa shape index (κ1) is 15.6. The Bertz CT molecular complexity index is 485. The second kappa shape index (κ2) is 7.30. The number of rotatable bonds is 4. The number of anilines is 1. The van der Waals surface area contributed by atoms with Crippen LogP contribution in [-0.4, -0.2) is 18.5 Å². The fourth-order valence-electron chi connectivity index (χ4n) is 2.43. The zero-order valence-corrected chi connectivity index (χ0v) is 13.2. The van der Waals surface area contributed by atoms with E-state index in [1.807, 2.05) is 6.92 Å². The van der Waals surface area contributed by atoms with Gasteiger partial charge in [0, 0.05) is 17.5 Å². The van der Waals surface area contributed by atoms with Gasteiger partial charge in [0.15, 0.2) is 0 Å². The lowest BCUT2D eigenvalue weighted by Crippen LogP contribution is -2.34. The molecule has 0 aliphatic carbocycles. The Morgan fingerprint density at radius 2 is 2.15 bits per heavy atom. The van der Waals surface area contributed by atoms with Crippen molar-refractivity contribution in [2.75, 3.05) is 11.9 Å². The Labute approximate surface area is 130 Å². The molecule has 1 amide bonds. The van der Waals surface area contributed by atoms with Gasteiger partial charge in [0.2, 0.25) is 5.91 Å². The Kier molecular flexibility index (Phi) is 5.70. The van der Waals surface area contributed by atoms with Crippen molar-refractivity contribution in [3.8, 4) is 0 Å². The molecule has 1 atom stereocenters. The van der Waals surface area contributed by atoms with Crippen LogP contribution in [0.1, 0.15) is 37.7 Å². The van der Waals surface area contributed by atoms with Crippen molar-refractivity contribution in [1.29, 1.82) is 0 Å². The summed E-state index contributed by atoms with van der Waals surface area (Å²) in [6.45, 7) is 2.94. The highest BCUT2D eigenvalue weighted by Crippen LogP contribution is 2.29. The van der Waals surface area contributed by atoms with Crippen molar-refractivity contribution >= 4 is 34.8 Å². The third kappa shape index (κ3) is 4.37. The molecule has 1 unspecified atom stereocenters. The minimum absolute atomic E-state index is 0.0146. The van der Waals surface area contributed by atoms with Gasteiger partial charge in [-0.1, -0.05) is 29.6 Å². The van der Waals surface area contributed by atoms with Gasteiger partial charge in [-0.25, -0.2) is 0 Å². The van der Waals surface area contributed by atoms with Crippen LogP contribution in [0.3, 0.4) is 0 Å². The maximum absolute atomic E-state index is 12.0. The molecular weight excluding hydrogens is 295 g/mol. The van der Waals surface area contributed by atoms with Gasteiger partial charge in [-0.05, 0) is 50.4 Å². The smallest absolute Gasteiger partial charge is 0.224 e. The molecule has 20 heavy (non-hydrogen) atoms. The summed E-state index contributed by atoms with van der Waals surface area (Å²) in [7, 11) is 0. The lowest BCUT2D eigenvalue weighted by atomic mass is 10.0. The number of piperidine rings is 1. The van der Waals surface area contributed by atoms with Crippen molar-refractivity contribution in [2.45, 2.75) is 45.1 Å². The van der Waals surface area contributed by atoms with Gasteiger partial charge in [0.1, 0.15) is 0 Å². The molecule has 2 rings (SSSR count). The van der Waals surface area contributed by atoms with Gasteiger partial charge in [-0.2, -0.15) is 0 Å². The van der Waals surface area contributed by atoms with Gasteiger partial charge < -0.3 is 10.6 Å². The number of hydrogen-bond donors (Lipinski definition) is 2. The standard InChI is InChI=1S/C15H20Cl2N2O/c1-10-8-13(17)14(9-12(10)16)19-15(20)6-5-11-4-2-3-7-18-11/h8-9,11,18H,2-7H2,1H3,(H,19,20). The van der Waals surface area contributed by atoms with Gasteiger partial charge in [0.25, 0.3) is 0 Å². The van der Waals surface area contributed by atoms with Crippen LogP contribution in [0, 0.1) is 6.92 Å². The lowest BCUT2D eigenvalue weighted by Gasteiger charge is -2.23. The summed E-state index contributed by atoms with van der Waals surface area (Å²) in [5.41, 5.74) is 1.49. The molecule has 1 saturated heterocycles. The molecule has 2 N–H and O–H groups in total. The van der Waals surface area contributed by atoms with Crippen molar-refractivity contribution in [1.82, 2.24) is 5.32 Å². The predicted molar refractivity (Wildman–Crippen MR) is 84.7 cm³/mol. The molecule has 5 heteroatoms. The second-order valence-corrected chi connectivity index (χ2v) is 6.13. The average Bonchev–Trinajstić information content (AvgIpc) is 2.44. The van der Waals surface area contributed by atoms with Gasteiger partial charge >= 0.3 is 0 Å². The van der Waals surface area contributed by atoms with Crippen LogP contribution in [0.25, 0.3) is 0 Å². The van der Waals surface area contributed by atoms with Gasteiger partial charge in [-0.15, -0.1) is 0 Å². The van der Waals surface area contributed by atoms with Gasteiger partial charge in [-0.3, -0.25) is 4.79 Å². The van der Waals surface area contributed by atoms with Crippen molar-refractivity contribution in [3.05, 3.63) is 27.7 Å². The molecule has 1 aromatic rings. The van der Waals surface area contributed by atoms with Crippen molar-refractivity contribution in [3.63, 3.8) is 0 Å². The fourth-order valence-corrected chi connectivity index (χ4v) is 2.86. The van der Waals surface area contributed by atoms with E-state index < -0.39 is 0 Å². The Hall–Kier alpha value is -0.770. The molecule has 3 nitrogen and oxygen atoms in total. The topological polar surface area (TPSA) is 41.1 Å². The monoisotopic (exact) mass is 314 g/mol. The van der Waals surface area contributed by atoms with Crippen LogP contribution in [0.2, 0.25) is 10.0 Å². The highest BCUT2D eigenvalue weighted by atomic mass is 35.5. The van der Waals surface area contributed by atoms with Crippen LogP contribution in [-0.2, 0) is 4.79 Å². The zero-order chi connectivity index (χ0) is 14.5. The van der Waals surface area contributed by atoms with E-state index in [9.17, 15) is 4.79 Å². The first-order valence-corrected chi connectivity index (χ1v) is 7.80. The maximum Gasteiger partial charge on any atom is 0.224 e. The maximum atomic E-state index is 12.0. The molecule has 0 saturated carbocycles. The molecule has 0 aromatic heterocycles. The van der Waals surface area contributed by atoms with Gasteiger partial charge in [0.05, 0.1) is 10.7 Å². The Balaban J connectivity index is 1.86. The summed E-state index contributed by atoms with van der Waals surface area (Å²) in [4.78, 5) is 12.0. The Morgan fingerprint density at radius 3 is 2.85 bits per heavy atom. The molecule has 1 fully saturated rings. The molecule has 0 bridgehead atoms. The summed E-state index contributed by atoms with van der Waals surface area (Å²) < 4.78 is 0. The van der Waals surface area contributed by atoms with E-state index in [0.717, 1.165) is 24.9 Å². The molecule has 0 radical (unpaired) electrons. The molecular formula is C15H20Cl2N2O. The van der Waals surface area contributed by atoms with E-state index >= 15 is 0 Å². The summed E-state index contributed by atoms with van der Waals surface area (Å²) in [5.74, 6) is -0.0146. The minimum Gasteiger partial charge on any atom is -0.325 e. The number of hydrogen-bond acceptors (Lipinski definition) is 2. The Morgan fingerprint density at radius 1 is 1.35 bits per heavy atom. The molecule has 1 aliphatic rings. The summed E-state index contributed by atoms with van der Waals surface area (Å²) in [6, 6.07) is 3.93. The molecule has 110 valence electrons. The largest absolute Gasteiger partial charge is 0.325 e. The molecule has 0 spiro atoms. The first-order chi connectivity index (χ1) is 9.56. The average molecular weight is 315 g/mol. The quantitative estimate of drug-likeness (QED) is 0.876. The lowest BCUT2D eigenvalue weighted by molar-refractivity contribution is -0.116. The van der Waals surface area contributed by atoms with E-state index in [1.165, 1.54) is 12.8 Å². The number of carbonyl (C=O) groups is 1. The predicted octanol–water partition coefficient (Wildman–Crippen LogP) is 4.16. The number of halogens is 2. The zero-order valence-electron chi connectivity index (χ0n) is 11.6. The van der Waals surface area contributed by atoms with Crippen LogP contribution in [0.5, 0.6) is 0 Å². The highest BCUT2D eigenvalue weighted by molar-refractivity contribution is 6.36. The third-order valence-corrected chi connectivity index (χ3v) is 4.37. The van der Waals surface area contributed by atoms with E-state index in [4.69, 9.17) is 23.2 Å². The minimum atomic E-state index is -0.0146. The van der Waals surface area contributed by atoms with Crippen LogP contribution in [0.15, 0.2) is 12.1 Å². The van der Waals surface area contributed by atoms with E-state index in [0.29, 0.717) is 28.2 Å². The van der Waals surface area contributed by atoms with Crippen LogP contribution in [0.4, 0.5) is 5.69 Å². The number of aryl methyl sites for hydroxylation is 1. The fraction of sp³-hybridized carbons (Fsp3) is 0.533. The summed E-state index contributed by atoms with van der Waals surface area (Å²) >= 11 is 12.2. The normalized spacial score (nSPS) is 18.9. The van der Waals surface area contributed by atoms with E-state index in [-0.39, 0.29) is 5.91 Å². The number of nitrogens with one attached hydrogen (secondary N) is 2. The highest BCUT2D eigenvalue weighted by Gasteiger charge is 2.15. The van der Waals surface area contributed by atoms with E-state index in [1.54, 1.807) is 12.1 Å². The molecule has 1 aromatic carbocycles. The molecule has 1 aliphatic heterocycles. The van der Waals surface area contributed by atoms with Crippen LogP contribution < -0.4 is 10.6 Å².